The topological polar surface area (TPSA) is 90.7 Å². The van der Waals surface area contributed by atoms with Crippen LogP contribution in [0.5, 0.6) is 5.75 Å². The molecule has 0 bridgehead atoms. The Morgan fingerprint density at radius 1 is 1.09 bits per heavy atom. The maximum absolute atomic E-state index is 13.3. The summed E-state index contributed by atoms with van der Waals surface area (Å²) in [6.07, 6.45) is 3.74. The maximum Gasteiger partial charge on any atom is 0.244 e. The van der Waals surface area contributed by atoms with Gasteiger partial charge in [-0.3, -0.25) is 4.79 Å². The Morgan fingerprint density at radius 2 is 1.85 bits per heavy atom. The molecule has 7 nitrogen and oxygen atoms in total. The highest BCUT2D eigenvalue weighted by Crippen LogP contribution is 2.30. The van der Waals surface area contributed by atoms with Gasteiger partial charge in [-0.15, -0.1) is 0 Å². The third kappa shape index (κ3) is 4.90. The van der Waals surface area contributed by atoms with Crippen molar-refractivity contribution in [3.8, 4) is 11.8 Å². The molecule has 0 N–H and O–H groups in total. The summed E-state index contributed by atoms with van der Waals surface area (Å²) in [5.74, 6) is 0.776. The first kappa shape index (κ1) is 23.3. The molecule has 2 saturated heterocycles. The number of rotatable bonds is 6. The lowest BCUT2D eigenvalue weighted by atomic mass is 9.95. The quantitative estimate of drug-likeness (QED) is 0.651. The van der Waals surface area contributed by atoms with Gasteiger partial charge in [-0.05, 0) is 61.9 Å². The van der Waals surface area contributed by atoms with Crippen molar-refractivity contribution in [1.29, 1.82) is 5.26 Å². The minimum absolute atomic E-state index is 0.0372. The lowest BCUT2D eigenvalue weighted by molar-refractivity contribution is -0.137. The van der Waals surface area contributed by atoms with Crippen LogP contribution in [0.4, 0.5) is 0 Å². The number of benzene rings is 2. The van der Waals surface area contributed by atoms with Crippen LogP contribution in [0, 0.1) is 17.2 Å². The van der Waals surface area contributed by atoms with E-state index in [9.17, 15) is 18.5 Å². The average Bonchev–Trinajstić information content (AvgIpc) is 3.31. The first-order chi connectivity index (χ1) is 15.9. The van der Waals surface area contributed by atoms with Gasteiger partial charge in [0.15, 0.2) is 0 Å². The molecule has 2 heterocycles. The number of likely N-dealkylation sites (tertiary alicyclic amines) is 1. The number of methoxy groups -OCH3 is 1. The Balaban J connectivity index is 1.40. The first-order valence-corrected chi connectivity index (χ1v) is 12.8. The second kappa shape index (κ2) is 9.94. The number of nitriles is 1. The minimum atomic E-state index is -3.76. The fraction of sp³-hybridized carbons (Fsp3) is 0.440. The molecule has 2 aliphatic heterocycles. The summed E-state index contributed by atoms with van der Waals surface area (Å²) >= 11 is 0. The van der Waals surface area contributed by atoms with E-state index in [1.165, 1.54) is 16.4 Å². The molecule has 8 heteroatoms. The van der Waals surface area contributed by atoms with Crippen molar-refractivity contribution < 1.29 is 17.9 Å². The molecule has 0 aromatic heterocycles. The minimum Gasteiger partial charge on any atom is -0.497 e. The van der Waals surface area contributed by atoms with E-state index in [-0.39, 0.29) is 41.4 Å². The van der Waals surface area contributed by atoms with E-state index in [2.05, 4.69) is 6.07 Å². The second-order valence-electron chi connectivity index (χ2n) is 8.67. The normalized spacial score (nSPS) is 19.9. The van der Waals surface area contributed by atoms with Gasteiger partial charge in [0.2, 0.25) is 15.9 Å². The zero-order valence-corrected chi connectivity index (χ0v) is 19.6. The number of hydrogen-bond acceptors (Lipinski definition) is 5. The van der Waals surface area contributed by atoms with Crippen molar-refractivity contribution in [2.24, 2.45) is 5.92 Å². The highest BCUT2D eigenvalue weighted by molar-refractivity contribution is 7.89. The van der Waals surface area contributed by atoms with Gasteiger partial charge in [0, 0.05) is 31.6 Å². The molecule has 33 heavy (non-hydrogen) atoms. The highest BCUT2D eigenvalue weighted by Gasteiger charge is 2.37. The molecule has 1 amide bonds. The number of nitrogens with zero attached hydrogens (tertiary/aromatic N) is 3. The van der Waals surface area contributed by atoms with E-state index in [4.69, 9.17) is 4.74 Å². The molecule has 4 rings (SSSR count). The van der Waals surface area contributed by atoms with Crippen LogP contribution in [0.2, 0.25) is 0 Å². The predicted molar refractivity (Wildman–Crippen MR) is 124 cm³/mol. The summed E-state index contributed by atoms with van der Waals surface area (Å²) < 4.78 is 32.9. The van der Waals surface area contributed by atoms with E-state index in [0.29, 0.717) is 12.8 Å². The van der Waals surface area contributed by atoms with E-state index < -0.39 is 10.0 Å². The van der Waals surface area contributed by atoms with Gasteiger partial charge in [-0.1, -0.05) is 24.3 Å². The Hall–Kier alpha value is -2.89. The number of sulfonamides is 1. The fourth-order valence-electron chi connectivity index (χ4n) is 4.91. The van der Waals surface area contributed by atoms with Crippen LogP contribution < -0.4 is 4.74 Å². The van der Waals surface area contributed by atoms with Crippen LogP contribution in [-0.2, 0) is 21.2 Å². The molecule has 1 unspecified atom stereocenters. The molecule has 2 aromatic carbocycles. The van der Waals surface area contributed by atoms with Crippen molar-refractivity contribution in [2.75, 3.05) is 26.7 Å². The van der Waals surface area contributed by atoms with Crippen LogP contribution in [0.25, 0.3) is 0 Å². The SMILES string of the molecule is COc1cccc(CC2CCCN2C(=O)C2CCN(S(=O)(=O)c3ccccc3C#N)CC2)c1. The van der Waals surface area contributed by atoms with Crippen molar-refractivity contribution in [1.82, 2.24) is 9.21 Å². The Bertz CT molecular complexity index is 1150. The summed E-state index contributed by atoms with van der Waals surface area (Å²) in [6, 6.07) is 16.3. The van der Waals surface area contributed by atoms with Crippen LogP contribution >= 0.6 is 0 Å². The first-order valence-electron chi connectivity index (χ1n) is 11.4. The van der Waals surface area contributed by atoms with Crippen molar-refractivity contribution in [2.45, 2.75) is 43.0 Å². The molecular weight excluding hydrogens is 438 g/mol. The van der Waals surface area contributed by atoms with Crippen LogP contribution in [0.15, 0.2) is 53.4 Å². The molecule has 174 valence electrons. The van der Waals surface area contributed by atoms with E-state index in [1.807, 2.05) is 29.2 Å². The predicted octanol–water partition coefficient (Wildman–Crippen LogP) is 3.20. The van der Waals surface area contributed by atoms with E-state index in [0.717, 1.165) is 37.1 Å². The van der Waals surface area contributed by atoms with E-state index >= 15 is 0 Å². The van der Waals surface area contributed by atoms with Crippen molar-refractivity contribution in [3.05, 3.63) is 59.7 Å². The molecule has 1 atom stereocenters. The van der Waals surface area contributed by atoms with Gasteiger partial charge in [0.25, 0.3) is 0 Å². The third-order valence-corrected chi connectivity index (χ3v) is 8.65. The molecule has 2 aromatic rings. The molecule has 2 aliphatic rings. The van der Waals surface area contributed by atoms with Crippen LogP contribution in [0.3, 0.4) is 0 Å². The lowest BCUT2D eigenvalue weighted by Gasteiger charge is -2.34. The Labute approximate surface area is 195 Å². The zero-order chi connectivity index (χ0) is 23.4. The summed E-state index contributed by atoms with van der Waals surface area (Å²) in [5, 5.41) is 9.29. The maximum atomic E-state index is 13.3. The fourth-order valence-corrected chi connectivity index (χ4v) is 6.52. The number of hydrogen-bond donors (Lipinski definition) is 0. The van der Waals surface area contributed by atoms with Gasteiger partial charge in [0.05, 0.1) is 17.6 Å². The second-order valence-corrected chi connectivity index (χ2v) is 10.6. The summed E-state index contributed by atoms with van der Waals surface area (Å²) in [5.41, 5.74) is 1.30. The molecule has 0 radical (unpaired) electrons. The smallest absolute Gasteiger partial charge is 0.244 e. The summed E-state index contributed by atoms with van der Waals surface area (Å²) in [4.78, 5) is 15.4. The third-order valence-electron chi connectivity index (χ3n) is 6.69. The molecule has 2 fully saturated rings. The molecule has 0 saturated carbocycles. The number of piperidine rings is 1. The zero-order valence-electron chi connectivity index (χ0n) is 18.8. The number of carbonyl (C=O) groups excluding carboxylic acids is 1. The number of amides is 1. The molecule has 0 aliphatic carbocycles. The van der Waals surface area contributed by atoms with Gasteiger partial charge in [-0.25, -0.2) is 8.42 Å². The largest absolute Gasteiger partial charge is 0.497 e. The van der Waals surface area contributed by atoms with Crippen molar-refractivity contribution >= 4 is 15.9 Å². The summed E-state index contributed by atoms with van der Waals surface area (Å²) in [6.45, 7) is 1.32. The van der Waals surface area contributed by atoms with E-state index in [1.54, 1.807) is 19.2 Å². The molecule has 0 spiro atoms. The summed E-state index contributed by atoms with van der Waals surface area (Å²) in [7, 11) is -2.11. The van der Waals surface area contributed by atoms with Gasteiger partial charge < -0.3 is 9.64 Å². The Kier molecular flexibility index (Phi) is 7.01. The lowest BCUT2D eigenvalue weighted by Crippen LogP contribution is -2.46. The number of ether oxygens (including phenoxy) is 1. The Morgan fingerprint density at radius 3 is 2.58 bits per heavy atom. The molecular formula is C25H29N3O4S. The number of carbonyl (C=O) groups is 1. The monoisotopic (exact) mass is 467 g/mol. The highest BCUT2D eigenvalue weighted by atomic mass is 32.2. The van der Waals surface area contributed by atoms with Crippen LogP contribution in [-0.4, -0.2) is 56.3 Å². The standard InChI is InChI=1S/C25H29N3O4S/c1-32-23-9-4-6-19(17-23)16-22-8-5-13-28(22)25(29)20-11-14-27(15-12-20)33(30,31)24-10-3-2-7-21(24)18-26/h2-4,6-7,9-10,17,20,22H,5,8,11-16H2,1H3. The van der Waals surface area contributed by atoms with Gasteiger partial charge in [-0.2, -0.15) is 9.57 Å². The van der Waals surface area contributed by atoms with Gasteiger partial charge >= 0.3 is 0 Å². The van der Waals surface area contributed by atoms with Gasteiger partial charge in [0.1, 0.15) is 11.8 Å². The van der Waals surface area contributed by atoms with Crippen molar-refractivity contribution in [3.63, 3.8) is 0 Å². The van der Waals surface area contributed by atoms with Crippen LogP contribution in [0.1, 0.15) is 36.8 Å². The average molecular weight is 468 g/mol.